The molecule has 4 N–H and O–H groups in total. The summed E-state index contributed by atoms with van der Waals surface area (Å²) in [7, 11) is 0. The summed E-state index contributed by atoms with van der Waals surface area (Å²) in [6.45, 7) is 5.65. The van der Waals surface area contributed by atoms with E-state index in [1.54, 1.807) is 12.1 Å². The second-order valence-corrected chi connectivity index (χ2v) is 15.1. The van der Waals surface area contributed by atoms with E-state index < -0.39 is 11.5 Å². The number of esters is 1. The lowest BCUT2D eigenvalue weighted by Gasteiger charge is -2.46. The average molecular weight is 737 g/mol. The maximum absolute atomic E-state index is 14.0. The lowest BCUT2D eigenvalue weighted by atomic mass is 9.72. The molecule has 1 aromatic heterocycles. The smallest absolute Gasteiger partial charge is 0.317 e. The molecule has 2 bridgehead atoms. The van der Waals surface area contributed by atoms with Crippen LogP contribution in [-0.4, -0.2) is 95.4 Å². The van der Waals surface area contributed by atoms with Crippen LogP contribution in [0.4, 0.5) is 0 Å². The number of rotatable bonds is 15. The van der Waals surface area contributed by atoms with Crippen molar-refractivity contribution in [2.75, 3.05) is 52.4 Å². The Morgan fingerprint density at radius 2 is 1.72 bits per heavy atom. The number of carbonyl (C=O) groups is 2. The maximum Gasteiger partial charge on any atom is 0.317 e. The van der Waals surface area contributed by atoms with E-state index in [9.17, 15) is 24.6 Å². The molecule has 5 heterocycles. The quantitative estimate of drug-likeness (QED) is 0.0996. The average Bonchev–Trinajstić information content (AvgIpc) is 3.20. The summed E-state index contributed by atoms with van der Waals surface area (Å²) < 4.78 is 12.3. The molecule has 8 rings (SSSR count). The van der Waals surface area contributed by atoms with Crippen LogP contribution in [0.25, 0.3) is 10.9 Å². The predicted octanol–water partition coefficient (Wildman–Crippen LogP) is 4.85. The topological polar surface area (TPSA) is 144 Å². The number of fused-ring (bicyclic) bond motifs is 4. The Morgan fingerprint density at radius 1 is 0.926 bits per heavy atom. The maximum atomic E-state index is 14.0. The number of hydrogen-bond donors (Lipinski definition) is 4. The van der Waals surface area contributed by atoms with Gasteiger partial charge in [0.15, 0.2) is 0 Å². The summed E-state index contributed by atoms with van der Waals surface area (Å²) in [5.41, 5.74) is 1.78. The number of carbonyl (C=O) groups excluding carboxylic acids is 2. The van der Waals surface area contributed by atoms with Gasteiger partial charge in [-0.1, -0.05) is 48.5 Å². The van der Waals surface area contributed by atoms with E-state index in [2.05, 4.69) is 15.2 Å². The van der Waals surface area contributed by atoms with E-state index in [-0.39, 0.29) is 35.7 Å². The first-order valence-corrected chi connectivity index (χ1v) is 19.5. The van der Waals surface area contributed by atoms with Gasteiger partial charge >= 0.3 is 5.97 Å². The lowest BCUT2D eigenvalue weighted by molar-refractivity contribution is -0.168. The highest BCUT2D eigenvalue weighted by Gasteiger charge is 2.47. The number of hydrogen-bond acceptors (Lipinski definition) is 9. The van der Waals surface area contributed by atoms with Crippen molar-refractivity contribution in [3.05, 3.63) is 106 Å². The number of likely N-dealkylation sites (tertiary alicyclic amines) is 1. The third kappa shape index (κ3) is 8.64. The number of phenols is 1. The van der Waals surface area contributed by atoms with Crippen LogP contribution in [0.2, 0.25) is 0 Å². The minimum absolute atomic E-state index is 0.0301. The summed E-state index contributed by atoms with van der Waals surface area (Å²) >= 11 is 0. The zero-order valence-corrected chi connectivity index (χ0v) is 30.9. The zero-order valence-electron chi connectivity index (χ0n) is 30.9. The Bertz CT molecular complexity index is 1950. The predicted molar refractivity (Wildman–Crippen MR) is 207 cm³/mol. The van der Waals surface area contributed by atoms with E-state index >= 15 is 0 Å². The van der Waals surface area contributed by atoms with Crippen LogP contribution in [0.5, 0.6) is 11.5 Å². The fraction of sp³-hybridized carbons (Fsp3) is 0.465. The molecule has 0 spiro atoms. The molecule has 0 unspecified atom stereocenters. The molecule has 286 valence electrons. The van der Waals surface area contributed by atoms with Crippen molar-refractivity contribution >= 4 is 22.8 Å². The first kappa shape index (κ1) is 37.6. The van der Waals surface area contributed by atoms with Gasteiger partial charge in [0.25, 0.3) is 0 Å². The van der Waals surface area contributed by atoms with E-state index in [0.717, 1.165) is 75.2 Å². The van der Waals surface area contributed by atoms with E-state index in [1.807, 2.05) is 59.5 Å². The molecule has 1 amide bonds. The van der Waals surface area contributed by atoms with Crippen molar-refractivity contribution in [2.24, 2.45) is 5.92 Å². The molecule has 4 aromatic rings. The molecule has 11 heteroatoms. The fourth-order valence-electron chi connectivity index (χ4n) is 8.45. The summed E-state index contributed by atoms with van der Waals surface area (Å²) in [5, 5.41) is 24.7. The van der Waals surface area contributed by atoms with Crippen molar-refractivity contribution in [2.45, 2.75) is 69.0 Å². The van der Waals surface area contributed by atoms with E-state index in [4.69, 9.17) is 9.47 Å². The summed E-state index contributed by atoms with van der Waals surface area (Å²) in [6.07, 6.45) is 5.41. The molecule has 0 aliphatic carbocycles. The Labute approximate surface area is 316 Å². The van der Waals surface area contributed by atoms with Gasteiger partial charge in [-0.2, -0.15) is 0 Å². The highest BCUT2D eigenvalue weighted by Crippen LogP contribution is 2.39. The Balaban J connectivity index is 0.833. The third-order valence-corrected chi connectivity index (χ3v) is 11.7. The second-order valence-electron chi connectivity index (χ2n) is 15.1. The van der Waals surface area contributed by atoms with Gasteiger partial charge < -0.3 is 34.9 Å². The van der Waals surface area contributed by atoms with Crippen LogP contribution in [0.15, 0.2) is 83.7 Å². The normalized spacial score (nSPS) is 21.1. The van der Waals surface area contributed by atoms with Gasteiger partial charge in [-0.15, -0.1) is 0 Å². The van der Waals surface area contributed by atoms with Gasteiger partial charge in [0, 0.05) is 37.6 Å². The van der Waals surface area contributed by atoms with Crippen LogP contribution < -0.4 is 15.6 Å². The first-order valence-electron chi connectivity index (χ1n) is 19.5. The molecule has 4 aliphatic rings. The highest BCUT2D eigenvalue weighted by molar-refractivity contribution is 5.87. The van der Waals surface area contributed by atoms with E-state index in [0.29, 0.717) is 61.5 Å². The number of aromatic hydroxyl groups is 1. The number of nitrogens with one attached hydrogen (secondary N) is 2. The number of benzene rings is 3. The molecule has 4 fully saturated rings. The Hall–Kier alpha value is -4.71. The number of aliphatic hydroxyl groups excluding tert-OH is 1. The number of pyridine rings is 1. The minimum Gasteiger partial charge on any atom is -0.506 e. The monoisotopic (exact) mass is 736 g/mol. The molecular weight excluding hydrogens is 684 g/mol. The number of H-pyrrole nitrogens is 1. The number of ether oxygens (including phenoxy) is 2. The second kappa shape index (κ2) is 17.2. The Kier molecular flexibility index (Phi) is 12.0. The van der Waals surface area contributed by atoms with Gasteiger partial charge in [0.1, 0.15) is 17.6 Å². The number of aromatic nitrogens is 1. The summed E-state index contributed by atoms with van der Waals surface area (Å²) in [5.74, 6) is 1.06. The number of piperidine rings is 4. The Morgan fingerprint density at radius 3 is 2.48 bits per heavy atom. The van der Waals surface area contributed by atoms with Crippen molar-refractivity contribution < 1.29 is 29.3 Å². The van der Waals surface area contributed by atoms with Crippen molar-refractivity contribution in [3.63, 3.8) is 0 Å². The fourth-order valence-corrected chi connectivity index (χ4v) is 8.45. The SMILES string of the molecule is O=C(Cc1cccc(OCCCCCNC[C@H](O)c2ccc(O)c3[nH]c(=O)ccc23)c1)N1CCC(C(=O)O[C@H]2CN3CCC2CC3)(c2ccccc2)CC1. The van der Waals surface area contributed by atoms with Gasteiger partial charge in [-0.3, -0.25) is 19.3 Å². The van der Waals surface area contributed by atoms with Crippen LogP contribution >= 0.6 is 0 Å². The molecule has 54 heavy (non-hydrogen) atoms. The molecule has 4 saturated heterocycles. The van der Waals surface area contributed by atoms with Crippen LogP contribution in [0.3, 0.4) is 0 Å². The number of phenolic OH excluding ortho intramolecular Hbond substituents is 1. The molecular formula is C43H52N4O7. The number of amides is 1. The molecule has 3 aromatic carbocycles. The number of aromatic amines is 1. The van der Waals surface area contributed by atoms with E-state index in [1.165, 1.54) is 12.1 Å². The van der Waals surface area contributed by atoms with Crippen molar-refractivity contribution in [1.82, 2.24) is 20.1 Å². The van der Waals surface area contributed by atoms with Crippen LogP contribution in [0.1, 0.15) is 67.7 Å². The zero-order chi connectivity index (χ0) is 37.5. The lowest BCUT2D eigenvalue weighted by Crippen LogP contribution is -2.55. The van der Waals surface area contributed by atoms with Gasteiger partial charge in [-0.25, -0.2) is 0 Å². The molecule has 0 radical (unpaired) electrons. The first-order chi connectivity index (χ1) is 26.3. The minimum atomic E-state index is -0.789. The largest absolute Gasteiger partial charge is 0.506 e. The van der Waals surface area contributed by atoms with Gasteiger partial charge in [0.05, 0.1) is 30.1 Å². The van der Waals surface area contributed by atoms with Gasteiger partial charge in [0.2, 0.25) is 11.5 Å². The van der Waals surface area contributed by atoms with Crippen molar-refractivity contribution in [1.29, 1.82) is 0 Å². The van der Waals surface area contributed by atoms with Crippen LogP contribution in [-0.2, 0) is 26.2 Å². The summed E-state index contributed by atoms with van der Waals surface area (Å²) in [4.78, 5) is 46.1. The molecule has 4 aliphatic heterocycles. The summed E-state index contributed by atoms with van der Waals surface area (Å²) in [6, 6.07) is 23.9. The molecule has 0 saturated carbocycles. The molecule has 2 atom stereocenters. The number of nitrogens with zero attached hydrogens (tertiary/aromatic N) is 2. The van der Waals surface area contributed by atoms with Gasteiger partial charge in [-0.05, 0) is 111 Å². The highest BCUT2D eigenvalue weighted by atomic mass is 16.5. The molecule has 11 nitrogen and oxygen atoms in total. The standard InChI is InChI=1S/C43H52N4O7/c48-36-14-12-34(35-13-15-39(50)45-41(35)36)37(49)28-44-20-5-2-6-25-53-33-11-7-8-30(26-33)27-40(51)47-23-18-43(19-24-47,32-9-3-1-4-10-32)42(52)54-38-29-46-21-16-31(38)17-22-46/h1,3-4,7-15,26,31,37-38,44,48-49H,2,5-6,16-25,27-29H2,(H,45,50)/t37-,38-/m0/s1. The third-order valence-electron chi connectivity index (χ3n) is 11.7. The van der Waals surface area contributed by atoms with Crippen molar-refractivity contribution in [3.8, 4) is 11.5 Å². The van der Waals surface area contributed by atoms with Crippen LogP contribution in [0, 0.1) is 5.92 Å². The number of unbranched alkanes of at least 4 members (excludes halogenated alkanes) is 2. The number of aliphatic hydroxyl groups is 1.